The lowest BCUT2D eigenvalue weighted by atomic mass is 10.2. The van der Waals surface area contributed by atoms with Crippen molar-refractivity contribution in [1.82, 2.24) is 9.71 Å². The fourth-order valence-corrected chi connectivity index (χ4v) is 5.14. The van der Waals surface area contributed by atoms with Gasteiger partial charge in [0.25, 0.3) is 0 Å². The first-order chi connectivity index (χ1) is 11.1. The Morgan fingerprint density at radius 3 is 2.78 bits per heavy atom. The number of thiophene rings is 2. The van der Waals surface area contributed by atoms with Crippen LogP contribution in [0.5, 0.6) is 0 Å². The van der Waals surface area contributed by atoms with E-state index >= 15 is 0 Å². The van der Waals surface area contributed by atoms with E-state index in [0.29, 0.717) is 4.21 Å². The predicted octanol–water partition coefficient (Wildman–Crippen LogP) is 3.91. The number of aromatic nitrogens is 1. The van der Waals surface area contributed by atoms with E-state index in [1.54, 1.807) is 23.6 Å². The molecule has 0 spiro atoms. The van der Waals surface area contributed by atoms with Crippen LogP contribution in [0.3, 0.4) is 0 Å². The van der Waals surface area contributed by atoms with Crippen molar-refractivity contribution < 1.29 is 8.42 Å². The summed E-state index contributed by atoms with van der Waals surface area (Å²) in [7, 11) is -3.46. The number of nitrogens with one attached hydrogen (secondary N) is 1. The van der Waals surface area contributed by atoms with E-state index in [1.807, 2.05) is 42.6 Å². The molecule has 120 valence electrons. The van der Waals surface area contributed by atoms with Gasteiger partial charge in [-0.15, -0.1) is 22.7 Å². The summed E-state index contributed by atoms with van der Waals surface area (Å²) < 4.78 is 27.7. The van der Waals surface area contributed by atoms with Gasteiger partial charge in [-0.25, -0.2) is 13.1 Å². The average molecular weight is 365 g/mol. The zero-order valence-electron chi connectivity index (χ0n) is 12.5. The minimum Gasteiger partial charge on any atom is -0.255 e. The van der Waals surface area contributed by atoms with E-state index in [2.05, 4.69) is 9.71 Å². The molecule has 7 heteroatoms. The number of hydrogen-bond donors (Lipinski definition) is 1. The highest BCUT2D eigenvalue weighted by molar-refractivity contribution is 7.91. The smallest absolute Gasteiger partial charge is 0.250 e. The highest BCUT2D eigenvalue weighted by Crippen LogP contribution is 2.24. The van der Waals surface area contributed by atoms with E-state index in [4.69, 9.17) is 0 Å². The fourth-order valence-electron chi connectivity index (χ4n) is 2.09. The predicted molar refractivity (Wildman–Crippen MR) is 95.3 cm³/mol. The van der Waals surface area contributed by atoms with E-state index in [1.165, 1.54) is 11.3 Å². The molecule has 3 heterocycles. The largest absolute Gasteiger partial charge is 0.255 e. The summed E-state index contributed by atoms with van der Waals surface area (Å²) in [6, 6.07) is 11.2. The lowest BCUT2D eigenvalue weighted by Crippen LogP contribution is -2.22. The van der Waals surface area contributed by atoms with Gasteiger partial charge in [-0.1, -0.05) is 13.0 Å². The SMILES string of the molecule is CCc1ccc(S(=O)(=O)NCc2ccnc(-c3cccs3)c2)s1. The Bertz CT molecular complexity index is 884. The molecule has 0 fully saturated rings. The molecule has 0 aliphatic carbocycles. The summed E-state index contributed by atoms with van der Waals surface area (Å²) in [4.78, 5) is 6.47. The molecule has 0 amide bonds. The first-order valence-corrected chi connectivity index (χ1v) is 10.3. The number of pyridine rings is 1. The van der Waals surface area contributed by atoms with Crippen molar-refractivity contribution >= 4 is 32.7 Å². The third kappa shape index (κ3) is 3.87. The van der Waals surface area contributed by atoms with E-state index in [-0.39, 0.29) is 6.54 Å². The van der Waals surface area contributed by atoms with Gasteiger partial charge in [-0.3, -0.25) is 4.98 Å². The molecule has 4 nitrogen and oxygen atoms in total. The van der Waals surface area contributed by atoms with Gasteiger partial charge in [0.05, 0.1) is 10.6 Å². The summed E-state index contributed by atoms with van der Waals surface area (Å²) >= 11 is 2.93. The van der Waals surface area contributed by atoms with Crippen LogP contribution in [0.25, 0.3) is 10.6 Å². The van der Waals surface area contributed by atoms with Crippen molar-refractivity contribution in [1.29, 1.82) is 0 Å². The van der Waals surface area contributed by atoms with Crippen molar-refractivity contribution in [3.8, 4) is 10.6 Å². The van der Waals surface area contributed by atoms with Crippen LogP contribution in [0.1, 0.15) is 17.4 Å². The molecule has 3 aromatic rings. The topological polar surface area (TPSA) is 59.1 Å². The van der Waals surface area contributed by atoms with E-state index in [0.717, 1.165) is 27.4 Å². The molecular formula is C16H16N2O2S3. The number of hydrogen-bond acceptors (Lipinski definition) is 5. The first-order valence-electron chi connectivity index (χ1n) is 7.15. The molecule has 3 aromatic heterocycles. The quantitative estimate of drug-likeness (QED) is 0.721. The van der Waals surface area contributed by atoms with Gasteiger partial charge >= 0.3 is 0 Å². The molecule has 0 saturated carbocycles. The molecule has 0 bridgehead atoms. The minimum atomic E-state index is -3.46. The second-order valence-corrected chi connectivity index (χ2v) is 9.04. The molecule has 23 heavy (non-hydrogen) atoms. The van der Waals surface area contributed by atoms with Crippen LogP contribution < -0.4 is 4.72 Å². The summed E-state index contributed by atoms with van der Waals surface area (Å²) in [5, 5.41) is 1.99. The lowest BCUT2D eigenvalue weighted by Gasteiger charge is -2.06. The number of nitrogens with zero attached hydrogens (tertiary/aromatic N) is 1. The Morgan fingerprint density at radius 1 is 1.22 bits per heavy atom. The molecule has 0 unspecified atom stereocenters. The van der Waals surface area contributed by atoms with Crippen molar-refractivity contribution in [2.75, 3.05) is 0 Å². The summed E-state index contributed by atoms with van der Waals surface area (Å²) in [5.74, 6) is 0. The monoisotopic (exact) mass is 364 g/mol. The molecule has 3 rings (SSSR count). The molecule has 0 aromatic carbocycles. The fraction of sp³-hybridized carbons (Fsp3) is 0.188. The Hall–Kier alpha value is -1.54. The highest BCUT2D eigenvalue weighted by Gasteiger charge is 2.16. The van der Waals surface area contributed by atoms with Crippen molar-refractivity contribution in [3.63, 3.8) is 0 Å². The average Bonchev–Trinajstić information content (AvgIpc) is 3.24. The number of sulfonamides is 1. The van der Waals surface area contributed by atoms with Crippen LogP contribution in [0.2, 0.25) is 0 Å². The minimum absolute atomic E-state index is 0.253. The van der Waals surface area contributed by atoms with Gasteiger partial charge in [-0.2, -0.15) is 0 Å². The Kier molecular flexibility index (Phi) is 4.91. The molecule has 0 atom stereocenters. The van der Waals surface area contributed by atoms with Crippen LogP contribution in [0.4, 0.5) is 0 Å². The highest BCUT2D eigenvalue weighted by atomic mass is 32.2. The van der Waals surface area contributed by atoms with Crippen LogP contribution in [0.15, 0.2) is 52.2 Å². The molecule has 0 aliphatic rings. The zero-order chi connectivity index (χ0) is 16.3. The van der Waals surface area contributed by atoms with Gasteiger partial charge in [0.1, 0.15) is 4.21 Å². The Balaban J connectivity index is 1.74. The summed E-state index contributed by atoms with van der Waals surface area (Å²) in [5.41, 5.74) is 1.75. The Labute approximate surface area is 143 Å². The van der Waals surface area contributed by atoms with E-state index < -0.39 is 10.0 Å². The number of rotatable bonds is 6. The van der Waals surface area contributed by atoms with Gasteiger partial charge in [-0.05, 0) is 47.7 Å². The van der Waals surface area contributed by atoms with Crippen molar-refractivity contribution in [3.05, 3.63) is 58.4 Å². The third-order valence-electron chi connectivity index (χ3n) is 3.31. The maximum atomic E-state index is 12.3. The lowest BCUT2D eigenvalue weighted by molar-refractivity contribution is 0.583. The summed E-state index contributed by atoms with van der Waals surface area (Å²) in [6.07, 6.45) is 2.55. The maximum Gasteiger partial charge on any atom is 0.250 e. The van der Waals surface area contributed by atoms with Gasteiger partial charge in [0.2, 0.25) is 10.0 Å². The van der Waals surface area contributed by atoms with Gasteiger partial charge in [0, 0.05) is 17.6 Å². The molecule has 0 saturated heterocycles. The number of aryl methyl sites for hydroxylation is 1. The first kappa shape index (κ1) is 16.3. The van der Waals surface area contributed by atoms with Crippen LogP contribution in [-0.4, -0.2) is 13.4 Å². The Morgan fingerprint density at radius 2 is 2.09 bits per heavy atom. The zero-order valence-corrected chi connectivity index (χ0v) is 15.0. The van der Waals surface area contributed by atoms with Crippen LogP contribution in [-0.2, 0) is 23.0 Å². The van der Waals surface area contributed by atoms with E-state index in [9.17, 15) is 8.42 Å². The van der Waals surface area contributed by atoms with Crippen molar-refractivity contribution in [2.24, 2.45) is 0 Å². The molecule has 0 aliphatic heterocycles. The maximum absolute atomic E-state index is 12.3. The van der Waals surface area contributed by atoms with Gasteiger partial charge < -0.3 is 0 Å². The standard InChI is InChI=1S/C16H16N2O2S3/c1-2-13-5-6-16(22-13)23(19,20)18-11-12-7-8-17-14(10-12)15-4-3-9-21-15/h3-10,18H,2,11H2,1H3. The molecular weight excluding hydrogens is 348 g/mol. The molecule has 1 N–H and O–H groups in total. The summed E-state index contributed by atoms with van der Waals surface area (Å²) in [6.45, 7) is 2.27. The molecule has 0 radical (unpaired) electrons. The second kappa shape index (κ2) is 6.92. The second-order valence-electron chi connectivity index (χ2n) is 4.93. The van der Waals surface area contributed by atoms with Crippen LogP contribution >= 0.6 is 22.7 Å². The van der Waals surface area contributed by atoms with Crippen molar-refractivity contribution in [2.45, 2.75) is 24.1 Å². The third-order valence-corrected chi connectivity index (χ3v) is 7.33. The normalized spacial score (nSPS) is 11.7. The van der Waals surface area contributed by atoms with Crippen LogP contribution in [0, 0.1) is 0 Å². The van der Waals surface area contributed by atoms with Gasteiger partial charge in [0.15, 0.2) is 0 Å².